The molecule has 1 aromatic carbocycles. The zero-order chi connectivity index (χ0) is 13.4. The smallest absolute Gasteiger partial charge is 1.00 e. The van der Waals surface area contributed by atoms with E-state index in [0.717, 1.165) is 11.4 Å². The number of allylic oxidation sites excluding steroid dienone is 8. The van der Waals surface area contributed by atoms with Crippen molar-refractivity contribution in [1.82, 2.24) is 0 Å². The minimum atomic E-state index is 0. The van der Waals surface area contributed by atoms with E-state index in [0.29, 0.717) is 5.92 Å². The Morgan fingerprint density at radius 2 is 1.81 bits per heavy atom. The first-order valence-electron chi connectivity index (χ1n) is 6.44. The summed E-state index contributed by atoms with van der Waals surface area (Å²) in [6.07, 6.45) is 10.2. The average molecular weight is 416 g/mol. The molecule has 0 bridgehead atoms. The third-order valence-corrected chi connectivity index (χ3v) is 5.65. The van der Waals surface area contributed by atoms with Gasteiger partial charge in [-0.05, 0) is 0 Å². The molecule has 107 valence electrons. The van der Waals surface area contributed by atoms with Crippen LogP contribution >= 0.6 is 11.6 Å². The fourth-order valence-corrected chi connectivity index (χ4v) is 3.59. The summed E-state index contributed by atoms with van der Waals surface area (Å²) in [6, 6.07) is 8.29. The van der Waals surface area contributed by atoms with Gasteiger partial charge in [-0.3, -0.25) is 0 Å². The maximum Gasteiger partial charge on any atom is -1.00 e. The predicted octanol–water partition coefficient (Wildman–Crippen LogP) is -0.921. The second-order valence-electron chi connectivity index (χ2n) is 5.01. The van der Waals surface area contributed by atoms with E-state index in [4.69, 9.17) is 11.6 Å². The first-order valence-corrected chi connectivity index (χ1v) is 8.04. The van der Waals surface area contributed by atoms with Gasteiger partial charge in [-0.1, -0.05) is 0 Å². The molecule has 1 unspecified atom stereocenters. The van der Waals surface area contributed by atoms with E-state index in [1.165, 1.54) is 50.3 Å². The van der Waals surface area contributed by atoms with Crippen LogP contribution in [0.3, 0.4) is 0 Å². The van der Waals surface area contributed by atoms with Crippen molar-refractivity contribution in [1.29, 1.82) is 0 Å². The zero-order valence-corrected chi connectivity index (χ0v) is 16.3. The SMILES string of the molecule is CC1=[C]([Zr+2])C2=CC=CCC(c3ccc(Cl)cc3)C2=C1.[Cl-].[Cl-]. The number of fused-ring (bicyclic) bond motifs is 1. The first-order chi connectivity index (χ1) is 9.16. The van der Waals surface area contributed by atoms with Crippen molar-refractivity contribution < 1.29 is 49.5 Å². The van der Waals surface area contributed by atoms with Gasteiger partial charge in [0.25, 0.3) is 0 Å². The fourth-order valence-electron chi connectivity index (χ4n) is 2.72. The van der Waals surface area contributed by atoms with Gasteiger partial charge in [0.2, 0.25) is 0 Å². The number of halogens is 3. The molecule has 1 atom stereocenters. The molecule has 0 radical (unpaired) electrons. The van der Waals surface area contributed by atoms with Gasteiger partial charge in [0.05, 0.1) is 0 Å². The van der Waals surface area contributed by atoms with Crippen LogP contribution < -0.4 is 24.8 Å². The summed E-state index contributed by atoms with van der Waals surface area (Å²) in [4.78, 5) is 0. The van der Waals surface area contributed by atoms with Gasteiger partial charge in [0, 0.05) is 0 Å². The van der Waals surface area contributed by atoms with Crippen molar-refractivity contribution in [2.45, 2.75) is 19.3 Å². The van der Waals surface area contributed by atoms with Crippen LogP contribution in [-0.2, 0) is 24.7 Å². The van der Waals surface area contributed by atoms with Crippen molar-refractivity contribution >= 4 is 11.6 Å². The molecule has 3 rings (SSSR count). The quantitative estimate of drug-likeness (QED) is 0.556. The maximum atomic E-state index is 6.00. The van der Waals surface area contributed by atoms with E-state index in [9.17, 15) is 0 Å². The van der Waals surface area contributed by atoms with Crippen molar-refractivity contribution in [3.05, 3.63) is 79.2 Å². The van der Waals surface area contributed by atoms with Crippen LogP contribution in [0.2, 0.25) is 5.02 Å². The summed E-state index contributed by atoms with van der Waals surface area (Å²) >= 11 is 7.49. The molecule has 0 fully saturated rings. The van der Waals surface area contributed by atoms with Gasteiger partial charge in [0.15, 0.2) is 0 Å². The largest absolute Gasteiger partial charge is 1.00 e. The van der Waals surface area contributed by atoms with Crippen molar-refractivity contribution in [2.24, 2.45) is 0 Å². The van der Waals surface area contributed by atoms with Crippen molar-refractivity contribution in [3.8, 4) is 0 Å². The molecule has 0 aliphatic heterocycles. The Bertz CT molecular complexity index is 637. The minimum Gasteiger partial charge on any atom is -1.00 e. The van der Waals surface area contributed by atoms with E-state index in [1.807, 2.05) is 12.1 Å². The third kappa shape index (κ3) is 3.83. The van der Waals surface area contributed by atoms with Gasteiger partial charge in [-0.15, -0.1) is 0 Å². The molecule has 0 spiro atoms. The number of benzene rings is 1. The summed E-state index contributed by atoms with van der Waals surface area (Å²) in [6.45, 7) is 2.22. The van der Waals surface area contributed by atoms with Crippen LogP contribution in [0.25, 0.3) is 0 Å². The third-order valence-electron chi connectivity index (χ3n) is 3.77. The summed E-state index contributed by atoms with van der Waals surface area (Å²) in [5.41, 5.74) is 5.68. The van der Waals surface area contributed by atoms with Crippen LogP contribution in [-0.4, -0.2) is 0 Å². The molecule has 0 amide bonds. The Morgan fingerprint density at radius 3 is 2.48 bits per heavy atom. The summed E-state index contributed by atoms with van der Waals surface area (Å²) in [7, 11) is 0. The summed E-state index contributed by atoms with van der Waals surface area (Å²) in [5, 5.41) is 0.805. The van der Waals surface area contributed by atoms with E-state index in [1.54, 1.807) is 0 Å². The Morgan fingerprint density at radius 1 is 1.14 bits per heavy atom. The van der Waals surface area contributed by atoms with Crippen LogP contribution in [0.15, 0.2) is 68.6 Å². The molecule has 2 aliphatic carbocycles. The minimum absolute atomic E-state index is 0. The van der Waals surface area contributed by atoms with Gasteiger partial charge in [-0.2, -0.15) is 0 Å². The van der Waals surface area contributed by atoms with E-state index >= 15 is 0 Å². The second kappa shape index (κ2) is 7.97. The topological polar surface area (TPSA) is 0 Å². The van der Waals surface area contributed by atoms with Gasteiger partial charge in [-0.25, -0.2) is 0 Å². The molecule has 21 heavy (non-hydrogen) atoms. The van der Waals surface area contributed by atoms with Crippen LogP contribution in [0.4, 0.5) is 0 Å². The molecule has 0 aromatic heterocycles. The van der Waals surface area contributed by atoms with Gasteiger partial charge < -0.3 is 24.8 Å². The second-order valence-corrected chi connectivity index (χ2v) is 6.67. The van der Waals surface area contributed by atoms with E-state index in [2.05, 4.69) is 43.4 Å². The number of hydrogen-bond donors (Lipinski definition) is 0. The van der Waals surface area contributed by atoms with Crippen LogP contribution in [0, 0.1) is 0 Å². The molecular weight excluding hydrogens is 402 g/mol. The Kier molecular flexibility index (Phi) is 7.21. The summed E-state index contributed by atoms with van der Waals surface area (Å²) in [5.74, 6) is 0.454. The monoisotopic (exact) mass is 413 g/mol. The first kappa shape index (κ1) is 19.0. The number of hydrogen-bond acceptors (Lipinski definition) is 0. The maximum absolute atomic E-state index is 6.00. The predicted molar refractivity (Wildman–Crippen MR) is 76.8 cm³/mol. The average Bonchev–Trinajstić information content (AvgIpc) is 2.59. The van der Waals surface area contributed by atoms with E-state index < -0.39 is 0 Å². The molecule has 2 aliphatic rings. The molecule has 0 heterocycles. The number of rotatable bonds is 1. The summed E-state index contributed by atoms with van der Waals surface area (Å²) < 4.78 is 1.49. The molecule has 1 aromatic rings. The van der Waals surface area contributed by atoms with Crippen LogP contribution in [0.1, 0.15) is 24.8 Å². The van der Waals surface area contributed by atoms with Gasteiger partial charge in [0.1, 0.15) is 0 Å². The van der Waals surface area contributed by atoms with Gasteiger partial charge >= 0.3 is 135 Å². The Hall–Kier alpha value is -0.0669. The van der Waals surface area contributed by atoms with E-state index in [-0.39, 0.29) is 24.8 Å². The molecule has 0 N–H and O–H groups in total. The van der Waals surface area contributed by atoms with Crippen molar-refractivity contribution in [3.63, 3.8) is 0 Å². The fraction of sp³-hybridized carbons (Fsp3) is 0.176. The molecule has 4 heteroatoms. The zero-order valence-electron chi connectivity index (χ0n) is 11.5. The molecular formula is C17H14Cl3Zr. The van der Waals surface area contributed by atoms with Crippen molar-refractivity contribution in [2.75, 3.05) is 0 Å². The molecule has 0 nitrogen and oxygen atoms in total. The Balaban J connectivity index is 0.00000110. The normalized spacial score (nSPS) is 19.9. The molecule has 0 saturated carbocycles. The molecule has 0 saturated heterocycles. The standard InChI is InChI=1S/C17H14Cl.2ClH.Zr/c1-12-10-14-4-2-3-5-16(17(14)11-12)13-6-8-15(18)9-7-13;;;/h2-4,6-9,11,16H,5H2,1H3;2*1H;/q;;;+2/p-2. The van der Waals surface area contributed by atoms with Crippen LogP contribution in [0.5, 0.6) is 0 Å². The Labute approximate surface area is 158 Å².